The predicted octanol–water partition coefficient (Wildman–Crippen LogP) is 1.45. The first-order valence-electron chi connectivity index (χ1n) is 5.51. The van der Waals surface area contributed by atoms with Gasteiger partial charge in [0.25, 0.3) is 5.91 Å². The number of hydrogen-bond donors (Lipinski definition) is 2. The number of carbonyl (C=O) groups is 1. The van der Waals surface area contributed by atoms with Crippen LogP contribution in [0.5, 0.6) is 0 Å². The Morgan fingerprint density at radius 1 is 1.50 bits per heavy atom. The molecule has 1 atom stereocenters. The third kappa shape index (κ3) is 2.48. The number of benzene rings is 1. The molecule has 1 aromatic carbocycles. The van der Waals surface area contributed by atoms with Crippen LogP contribution < -0.4 is 11.1 Å². The first-order chi connectivity index (χ1) is 8.58. The topological polar surface area (TPSA) is 94.0 Å². The van der Waals surface area contributed by atoms with E-state index in [0.717, 1.165) is 5.56 Å². The molecule has 1 heterocycles. The van der Waals surface area contributed by atoms with Crippen molar-refractivity contribution in [2.45, 2.75) is 19.9 Å². The fourth-order valence-corrected chi connectivity index (χ4v) is 1.59. The van der Waals surface area contributed by atoms with Gasteiger partial charge >= 0.3 is 0 Å². The molecule has 3 N–H and O–H groups in total. The number of nitrogens with one attached hydrogen (secondary N) is 1. The van der Waals surface area contributed by atoms with Gasteiger partial charge in [-0.25, -0.2) is 0 Å². The van der Waals surface area contributed by atoms with Gasteiger partial charge in [-0.05, 0) is 31.5 Å². The van der Waals surface area contributed by atoms with Crippen molar-refractivity contribution in [1.82, 2.24) is 15.5 Å². The first kappa shape index (κ1) is 12.1. The second kappa shape index (κ2) is 4.87. The fraction of sp³-hybridized carbons (Fsp3) is 0.250. The Labute approximate surface area is 104 Å². The average molecular weight is 246 g/mol. The molecule has 1 amide bonds. The van der Waals surface area contributed by atoms with Gasteiger partial charge in [-0.3, -0.25) is 4.79 Å². The number of amides is 1. The molecule has 0 aliphatic rings. The second-order valence-corrected chi connectivity index (χ2v) is 4.06. The zero-order valence-corrected chi connectivity index (χ0v) is 10.2. The highest BCUT2D eigenvalue weighted by Crippen LogP contribution is 2.14. The molecule has 0 aliphatic heterocycles. The quantitative estimate of drug-likeness (QED) is 0.799. The molecule has 0 bridgehead atoms. The number of nitrogens with zero attached hydrogens (tertiary/aromatic N) is 2. The maximum absolute atomic E-state index is 12.1. The molecule has 0 spiro atoms. The highest BCUT2D eigenvalue weighted by molar-refractivity contribution is 5.96. The molecule has 6 heteroatoms. The van der Waals surface area contributed by atoms with Crippen molar-refractivity contribution in [2.75, 3.05) is 5.73 Å². The Balaban J connectivity index is 2.15. The fourth-order valence-electron chi connectivity index (χ4n) is 1.59. The summed E-state index contributed by atoms with van der Waals surface area (Å²) < 4.78 is 4.63. The minimum absolute atomic E-state index is 0.211. The van der Waals surface area contributed by atoms with E-state index in [-0.39, 0.29) is 11.9 Å². The number of rotatable bonds is 3. The molecule has 0 saturated heterocycles. The highest BCUT2D eigenvalue weighted by Gasteiger charge is 2.16. The number of anilines is 1. The lowest BCUT2D eigenvalue weighted by atomic mass is 10.1. The Morgan fingerprint density at radius 2 is 2.28 bits per heavy atom. The van der Waals surface area contributed by atoms with Gasteiger partial charge in [0.1, 0.15) is 0 Å². The summed E-state index contributed by atoms with van der Waals surface area (Å²) in [6.45, 7) is 3.64. The smallest absolute Gasteiger partial charge is 0.252 e. The number of nitrogen functional groups attached to an aromatic ring is 1. The van der Waals surface area contributed by atoms with E-state index >= 15 is 0 Å². The zero-order chi connectivity index (χ0) is 13.1. The van der Waals surface area contributed by atoms with Crippen molar-refractivity contribution >= 4 is 11.6 Å². The third-order valence-electron chi connectivity index (χ3n) is 2.62. The van der Waals surface area contributed by atoms with Crippen LogP contribution in [0.4, 0.5) is 5.69 Å². The SMILES string of the molecule is Cc1ccc(N)cc1C(=O)NC(C)c1ncon1. The molecule has 0 radical (unpaired) electrons. The summed E-state index contributed by atoms with van der Waals surface area (Å²) in [5, 5.41) is 6.46. The molecule has 2 rings (SSSR count). The van der Waals surface area contributed by atoms with Crippen molar-refractivity contribution < 1.29 is 9.32 Å². The Hall–Kier alpha value is -2.37. The average Bonchev–Trinajstić information content (AvgIpc) is 2.85. The number of aryl methyl sites for hydroxylation is 1. The van der Waals surface area contributed by atoms with Crippen LogP contribution in [0.1, 0.15) is 34.7 Å². The summed E-state index contributed by atoms with van der Waals surface area (Å²) >= 11 is 0. The van der Waals surface area contributed by atoms with Crippen LogP contribution >= 0.6 is 0 Å². The van der Waals surface area contributed by atoms with Crippen LogP contribution in [-0.2, 0) is 0 Å². The van der Waals surface area contributed by atoms with Crippen LogP contribution in [0.25, 0.3) is 0 Å². The summed E-state index contributed by atoms with van der Waals surface area (Å²) in [5.74, 6) is 0.224. The van der Waals surface area contributed by atoms with Gasteiger partial charge in [0.15, 0.2) is 5.82 Å². The molecular formula is C12H14N4O2. The lowest BCUT2D eigenvalue weighted by molar-refractivity contribution is 0.0937. The molecule has 94 valence electrons. The third-order valence-corrected chi connectivity index (χ3v) is 2.62. The number of carbonyl (C=O) groups excluding carboxylic acids is 1. The molecular weight excluding hydrogens is 232 g/mol. The zero-order valence-electron chi connectivity index (χ0n) is 10.2. The van der Waals surface area contributed by atoms with Gasteiger partial charge in [0, 0.05) is 11.3 Å². The van der Waals surface area contributed by atoms with E-state index in [1.165, 1.54) is 6.39 Å². The van der Waals surface area contributed by atoms with Crippen LogP contribution in [0.15, 0.2) is 29.1 Å². The van der Waals surface area contributed by atoms with Crippen molar-refractivity contribution in [3.63, 3.8) is 0 Å². The van der Waals surface area contributed by atoms with Crippen molar-refractivity contribution in [3.8, 4) is 0 Å². The van der Waals surface area contributed by atoms with Crippen molar-refractivity contribution in [2.24, 2.45) is 0 Å². The summed E-state index contributed by atoms with van der Waals surface area (Å²) in [5.41, 5.74) is 7.63. The first-order valence-corrected chi connectivity index (χ1v) is 5.51. The van der Waals surface area contributed by atoms with E-state index in [1.54, 1.807) is 19.1 Å². The summed E-state index contributed by atoms with van der Waals surface area (Å²) in [4.78, 5) is 16.0. The maximum atomic E-state index is 12.1. The molecule has 1 unspecified atom stereocenters. The van der Waals surface area contributed by atoms with Gasteiger partial charge in [-0.1, -0.05) is 11.2 Å². The monoisotopic (exact) mass is 246 g/mol. The van der Waals surface area contributed by atoms with E-state index in [1.807, 2.05) is 13.0 Å². The molecule has 18 heavy (non-hydrogen) atoms. The number of aromatic nitrogens is 2. The largest absolute Gasteiger partial charge is 0.399 e. The van der Waals surface area contributed by atoms with Crippen LogP contribution in [0, 0.1) is 6.92 Å². The van der Waals surface area contributed by atoms with E-state index in [4.69, 9.17) is 5.73 Å². The Morgan fingerprint density at radius 3 is 2.94 bits per heavy atom. The van der Waals surface area contributed by atoms with Crippen molar-refractivity contribution in [1.29, 1.82) is 0 Å². The van der Waals surface area contributed by atoms with Gasteiger partial charge in [0.05, 0.1) is 6.04 Å². The molecule has 1 aromatic heterocycles. The summed E-state index contributed by atoms with van der Waals surface area (Å²) in [7, 11) is 0. The number of hydrogen-bond acceptors (Lipinski definition) is 5. The predicted molar refractivity (Wildman–Crippen MR) is 65.8 cm³/mol. The molecule has 0 fully saturated rings. The van der Waals surface area contributed by atoms with E-state index in [0.29, 0.717) is 17.1 Å². The van der Waals surface area contributed by atoms with E-state index in [9.17, 15) is 4.79 Å². The van der Waals surface area contributed by atoms with E-state index in [2.05, 4.69) is 20.0 Å². The Kier molecular flexibility index (Phi) is 3.27. The minimum atomic E-state index is -0.322. The molecule has 0 aliphatic carbocycles. The molecule has 0 saturated carbocycles. The maximum Gasteiger partial charge on any atom is 0.252 e. The van der Waals surface area contributed by atoms with Crippen LogP contribution in [0.2, 0.25) is 0 Å². The minimum Gasteiger partial charge on any atom is -0.399 e. The van der Waals surface area contributed by atoms with Crippen LogP contribution in [-0.4, -0.2) is 16.0 Å². The Bertz CT molecular complexity index is 551. The van der Waals surface area contributed by atoms with E-state index < -0.39 is 0 Å². The number of nitrogens with two attached hydrogens (primary N) is 1. The van der Waals surface area contributed by atoms with Gasteiger partial charge in [-0.2, -0.15) is 4.98 Å². The normalized spacial score (nSPS) is 12.1. The lowest BCUT2D eigenvalue weighted by Gasteiger charge is -2.12. The second-order valence-electron chi connectivity index (χ2n) is 4.06. The summed E-state index contributed by atoms with van der Waals surface area (Å²) in [6, 6.07) is 4.89. The highest BCUT2D eigenvalue weighted by atomic mass is 16.5. The van der Waals surface area contributed by atoms with Gasteiger partial charge in [0.2, 0.25) is 6.39 Å². The standard InChI is InChI=1S/C12H14N4O2/c1-7-3-4-9(13)5-10(7)12(17)15-8(2)11-14-6-18-16-11/h3-6,8H,13H2,1-2H3,(H,15,17). The molecule has 2 aromatic rings. The lowest BCUT2D eigenvalue weighted by Crippen LogP contribution is -2.28. The molecule has 6 nitrogen and oxygen atoms in total. The van der Waals surface area contributed by atoms with Gasteiger partial charge in [-0.15, -0.1) is 0 Å². The summed E-state index contributed by atoms with van der Waals surface area (Å²) in [6.07, 6.45) is 1.23. The van der Waals surface area contributed by atoms with Crippen molar-refractivity contribution in [3.05, 3.63) is 41.5 Å². The van der Waals surface area contributed by atoms with Crippen LogP contribution in [0.3, 0.4) is 0 Å². The van der Waals surface area contributed by atoms with Gasteiger partial charge < -0.3 is 15.6 Å².